The second-order valence-electron chi connectivity index (χ2n) is 5.20. The van der Waals surface area contributed by atoms with Gasteiger partial charge in [-0.15, -0.1) is 0 Å². The fraction of sp³-hybridized carbons (Fsp3) is 0.222. The summed E-state index contributed by atoms with van der Waals surface area (Å²) in [7, 11) is 3.32. The minimum Gasteiger partial charge on any atom is -0.493 e. The van der Waals surface area contributed by atoms with Crippen molar-refractivity contribution in [3.8, 4) is 11.5 Å². The van der Waals surface area contributed by atoms with Crippen LogP contribution in [0.3, 0.4) is 0 Å². The molecule has 0 unspecified atom stereocenters. The Kier molecular flexibility index (Phi) is 3.57. The Hall–Kier alpha value is -2.42. The molecule has 1 heterocycles. The second kappa shape index (κ2) is 5.52. The van der Waals surface area contributed by atoms with Gasteiger partial charge in [-0.2, -0.15) is 0 Å². The molecule has 0 aliphatic rings. The Morgan fingerprint density at radius 3 is 2.48 bits per heavy atom. The maximum Gasteiger partial charge on any atom is 0.161 e. The third kappa shape index (κ3) is 2.59. The molecule has 0 aliphatic heterocycles. The Labute approximate surface area is 124 Å². The van der Waals surface area contributed by atoms with Gasteiger partial charge in [-0.1, -0.05) is 18.2 Å². The first kappa shape index (κ1) is 13.6. The van der Waals surface area contributed by atoms with Crippen molar-refractivity contribution in [3.63, 3.8) is 0 Å². The van der Waals surface area contributed by atoms with Crippen molar-refractivity contribution in [2.45, 2.75) is 13.5 Å². The quantitative estimate of drug-likeness (QED) is 0.721. The standard InChI is InChI=1S/C18H19NO2/c1-13-4-6-15-8-9-19(16(15)10-13)12-14-5-7-17(20-2)18(11-14)21-3/h4-11H,12H2,1-3H3. The number of benzene rings is 2. The summed E-state index contributed by atoms with van der Waals surface area (Å²) in [6, 6.07) is 14.7. The lowest BCUT2D eigenvalue weighted by Crippen LogP contribution is -1.99. The van der Waals surface area contributed by atoms with E-state index in [0.717, 1.165) is 18.0 Å². The number of hydrogen-bond donors (Lipinski definition) is 0. The van der Waals surface area contributed by atoms with Crippen LogP contribution in [-0.2, 0) is 6.54 Å². The molecular formula is C18H19NO2. The maximum atomic E-state index is 5.37. The Balaban J connectivity index is 1.96. The molecule has 0 saturated heterocycles. The summed E-state index contributed by atoms with van der Waals surface area (Å²) in [4.78, 5) is 0. The van der Waals surface area contributed by atoms with E-state index < -0.39 is 0 Å². The second-order valence-corrected chi connectivity index (χ2v) is 5.20. The zero-order valence-corrected chi connectivity index (χ0v) is 12.6. The molecule has 21 heavy (non-hydrogen) atoms. The van der Waals surface area contributed by atoms with Crippen LogP contribution in [0.15, 0.2) is 48.7 Å². The smallest absolute Gasteiger partial charge is 0.161 e. The predicted octanol–water partition coefficient (Wildman–Crippen LogP) is 4.02. The van der Waals surface area contributed by atoms with Crippen molar-refractivity contribution in [1.29, 1.82) is 0 Å². The van der Waals surface area contributed by atoms with Crippen LogP contribution in [-0.4, -0.2) is 18.8 Å². The summed E-state index contributed by atoms with van der Waals surface area (Å²) in [5.74, 6) is 1.53. The summed E-state index contributed by atoms with van der Waals surface area (Å²) in [5.41, 5.74) is 3.71. The van der Waals surface area contributed by atoms with Crippen LogP contribution < -0.4 is 9.47 Å². The van der Waals surface area contributed by atoms with Crippen molar-refractivity contribution in [3.05, 3.63) is 59.8 Å². The molecule has 2 aromatic carbocycles. The van der Waals surface area contributed by atoms with E-state index in [9.17, 15) is 0 Å². The lowest BCUT2D eigenvalue weighted by Gasteiger charge is -2.11. The summed E-state index contributed by atoms with van der Waals surface area (Å²) in [5, 5.41) is 1.26. The average Bonchev–Trinajstić information content (AvgIpc) is 2.89. The van der Waals surface area contributed by atoms with E-state index in [4.69, 9.17) is 9.47 Å². The molecule has 0 spiro atoms. The molecule has 3 heteroatoms. The van der Waals surface area contributed by atoms with Gasteiger partial charge in [-0.3, -0.25) is 0 Å². The van der Waals surface area contributed by atoms with Gasteiger partial charge in [0.1, 0.15) is 0 Å². The molecule has 0 fully saturated rings. The number of aromatic nitrogens is 1. The van der Waals surface area contributed by atoms with Gasteiger partial charge in [-0.05, 0) is 47.7 Å². The maximum absolute atomic E-state index is 5.37. The molecule has 108 valence electrons. The Morgan fingerprint density at radius 1 is 0.905 bits per heavy atom. The highest BCUT2D eigenvalue weighted by atomic mass is 16.5. The van der Waals surface area contributed by atoms with Crippen LogP contribution in [0.2, 0.25) is 0 Å². The van der Waals surface area contributed by atoms with Gasteiger partial charge in [0.05, 0.1) is 14.2 Å². The highest BCUT2D eigenvalue weighted by Crippen LogP contribution is 2.28. The summed E-state index contributed by atoms with van der Waals surface area (Å²) >= 11 is 0. The third-order valence-electron chi connectivity index (χ3n) is 3.73. The molecular weight excluding hydrogens is 262 g/mol. The fourth-order valence-electron chi connectivity index (χ4n) is 2.61. The summed E-state index contributed by atoms with van der Waals surface area (Å²) < 4.78 is 12.9. The van der Waals surface area contributed by atoms with Gasteiger partial charge in [0, 0.05) is 18.3 Å². The first-order chi connectivity index (χ1) is 10.2. The van der Waals surface area contributed by atoms with E-state index >= 15 is 0 Å². The number of hydrogen-bond acceptors (Lipinski definition) is 2. The van der Waals surface area contributed by atoms with Gasteiger partial charge in [0.15, 0.2) is 11.5 Å². The number of nitrogens with zero attached hydrogens (tertiary/aromatic N) is 1. The number of rotatable bonds is 4. The lowest BCUT2D eigenvalue weighted by atomic mass is 10.1. The normalized spacial score (nSPS) is 10.8. The van der Waals surface area contributed by atoms with Crippen LogP contribution in [0, 0.1) is 6.92 Å². The third-order valence-corrected chi connectivity index (χ3v) is 3.73. The molecule has 3 rings (SSSR count). The van der Waals surface area contributed by atoms with E-state index in [1.165, 1.54) is 22.0 Å². The van der Waals surface area contributed by atoms with Crippen molar-refractivity contribution in [2.24, 2.45) is 0 Å². The molecule has 1 aromatic heterocycles. The first-order valence-corrected chi connectivity index (χ1v) is 6.97. The Morgan fingerprint density at radius 2 is 1.71 bits per heavy atom. The largest absolute Gasteiger partial charge is 0.493 e. The topological polar surface area (TPSA) is 23.4 Å². The van der Waals surface area contributed by atoms with Crippen LogP contribution in [0.1, 0.15) is 11.1 Å². The summed E-state index contributed by atoms with van der Waals surface area (Å²) in [6.45, 7) is 2.93. The van der Waals surface area contributed by atoms with Crippen molar-refractivity contribution < 1.29 is 9.47 Å². The number of fused-ring (bicyclic) bond motifs is 1. The van der Waals surface area contributed by atoms with Crippen molar-refractivity contribution in [2.75, 3.05) is 14.2 Å². The molecule has 0 bridgehead atoms. The van der Waals surface area contributed by atoms with E-state index in [2.05, 4.69) is 48.0 Å². The zero-order valence-electron chi connectivity index (χ0n) is 12.6. The van der Waals surface area contributed by atoms with Gasteiger partial charge >= 0.3 is 0 Å². The molecule has 0 atom stereocenters. The SMILES string of the molecule is COc1ccc(Cn2ccc3ccc(C)cc32)cc1OC. The van der Waals surface area contributed by atoms with Gasteiger partial charge in [-0.25, -0.2) is 0 Å². The number of ether oxygens (including phenoxy) is 2. The first-order valence-electron chi connectivity index (χ1n) is 6.97. The van der Waals surface area contributed by atoms with Crippen LogP contribution >= 0.6 is 0 Å². The van der Waals surface area contributed by atoms with Crippen LogP contribution in [0.5, 0.6) is 11.5 Å². The van der Waals surface area contributed by atoms with E-state index in [-0.39, 0.29) is 0 Å². The molecule has 0 aliphatic carbocycles. The molecule has 0 saturated carbocycles. The van der Waals surface area contributed by atoms with Crippen molar-refractivity contribution >= 4 is 10.9 Å². The molecule has 3 aromatic rings. The predicted molar refractivity (Wildman–Crippen MR) is 85.3 cm³/mol. The molecule has 0 amide bonds. The van der Waals surface area contributed by atoms with E-state index in [1.54, 1.807) is 14.2 Å². The fourth-order valence-corrected chi connectivity index (χ4v) is 2.61. The van der Waals surface area contributed by atoms with Crippen molar-refractivity contribution in [1.82, 2.24) is 4.57 Å². The zero-order chi connectivity index (χ0) is 14.8. The van der Waals surface area contributed by atoms with Gasteiger partial charge in [0.2, 0.25) is 0 Å². The summed E-state index contributed by atoms with van der Waals surface area (Å²) in [6.07, 6.45) is 2.13. The van der Waals surface area contributed by atoms with E-state index in [1.807, 2.05) is 12.1 Å². The van der Waals surface area contributed by atoms with Crippen LogP contribution in [0.25, 0.3) is 10.9 Å². The molecule has 0 N–H and O–H groups in total. The monoisotopic (exact) mass is 281 g/mol. The van der Waals surface area contributed by atoms with Gasteiger partial charge < -0.3 is 14.0 Å². The minimum absolute atomic E-state index is 0.759. The average molecular weight is 281 g/mol. The Bertz CT molecular complexity index is 774. The number of aryl methyl sites for hydroxylation is 1. The lowest BCUT2D eigenvalue weighted by molar-refractivity contribution is 0.354. The van der Waals surface area contributed by atoms with Gasteiger partial charge in [0.25, 0.3) is 0 Å². The number of methoxy groups -OCH3 is 2. The highest BCUT2D eigenvalue weighted by molar-refractivity contribution is 5.80. The highest BCUT2D eigenvalue weighted by Gasteiger charge is 2.06. The molecule has 0 radical (unpaired) electrons. The van der Waals surface area contributed by atoms with Crippen LogP contribution in [0.4, 0.5) is 0 Å². The minimum atomic E-state index is 0.759. The molecule has 3 nitrogen and oxygen atoms in total. The van der Waals surface area contributed by atoms with E-state index in [0.29, 0.717) is 0 Å².